The van der Waals surface area contributed by atoms with Crippen molar-refractivity contribution in [1.29, 1.82) is 0 Å². The number of nitrogens with zero attached hydrogens (tertiary/aromatic N) is 3. The molecule has 1 atom stereocenters. The molecular formula is C19H24N4O4. The minimum Gasteiger partial charge on any atom is -0.497 e. The number of benzene rings is 1. The van der Waals surface area contributed by atoms with Crippen molar-refractivity contribution in [3.05, 3.63) is 41.4 Å². The molecule has 1 aliphatic heterocycles. The van der Waals surface area contributed by atoms with Crippen molar-refractivity contribution in [2.75, 3.05) is 26.1 Å². The second-order valence-electron chi connectivity index (χ2n) is 6.19. The molecule has 0 saturated carbocycles. The number of aromatic nitrogens is 3. The van der Waals surface area contributed by atoms with Gasteiger partial charge in [0.25, 0.3) is 0 Å². The van der Waals surface area contributed by atoms with E-state index in [0.717, 1.165) is 18.4 Å². The predicted molar refractivity (Wildman–Crippen MR) is 99.9 cm³/mol. The predicted octanol–water partition coefficient (Wildman–Crippen LogP) is 2.93. The van der Waals surface area contributed by atoms with Crippen molar-refractivity contribution in [2.24, 2.45) is 0 Å². The molecule has 8 heteroatoms. The normalized spacial score (nSPS) is 15.8. The third-order valence-corrected chi connectivity index (χ3v) is 4.48. The van der Waals surface area contributed by atoms with Crippen molar-refractivity contribution in [3.63, 3.8) is 0 Å². The monoisotopic (exact) mass is 372 g/mol. The molecule has 0 aliphatic carbocycles. The lowest BCUT2D eigenvalue weighted by Gasteiger charge is -2.29. The summed E-state index contributed by atoms with van der Waals surface area (Å²) in [6.07, 6.45) is 3.22. The first-order valence-corrected chi connectivity index (χ1v) is 8.87. The van der Waals surface area contributed by atoms with E-state index in [1.54, 1.807) is 25.0 Å². The van der Waals surface area contributed by atoms with Gasteiger partial charge in [0.05, 0.1) is 26.4 Å². The van der Waals surface area contributed by atoms with Crippen molar-refractivity contribution < 1.29 is 19.0 Å². The van der Waals surface area contributed by atoms with Crippen LogP contribution < -0.4 is 14.8 Å². The van der Waals surface area contributed by atoms with Crippen molar-refractivity contribution in [3.8, 4) is 11.5 Å². The van der Waals surface area contributed by atoms with Gasteiger partial charge in [0.2, 0.25) is 5.95 Å². The molecule has 2 heterocycles. The van der Waals surface area contributed by atoms with Crippen LogP contribution >= 0.6 is 0 Å². The van der Waals surface area contributed by atoms with Gasteiger partial charge < -0.3 is 19.5 Å². The van der Waals surface area contributed by atoms with Crippen molar-refractivity contribution >= 4 is 11.9 Å². The Bertz CT molecular complexity index is 859. The third kappa shape index (κ3) is 3.60. The van der Waals surface area contributed by atoms with Crippen LogP contribution in [0, 0.1) is 0 Å². The Morgan fingerprint density at radius 2 is 2.11 bits per heavy atom. The molecule has 0 amide bonds. The van der Waals surface area contributed by atoms with Gasteiger partial charge in [-0.15, -0.1) is 0 Å². The summed E-state index contributed by atoms with van der Waals surface area (Å²) in [6.45, 7) is 4.26. The summed E-state index contributed by atoms with van der Waals surface area (Å²) < 4.78 is 18.0. The van der Waals surface area contributed by atoms with Crippen LogP contribution in [0.4, 0.5) is 5.95 Å². The number of hydrogen-bond acceptors (Lipinski definition) is 7. The molecule has 8 nitrogen and oxygen atoms in total. The molecular weight excluding hydrogens is 348 g/mol. The molecule has 3 rings (SSSR count). The van der Waals surface area contributed by atoms with E-state index in [0.29, 0.717) is 35.3 Å². The zero-order valence-corrected chi connectivity index (χ0v) is 16.0. The number of anilines is 1. The second kappa shape index (κ2) is 8.11. The minimum atomic E-state index is -0.515. The van der Waals surface area contributed by atoms with E-state index in [4.69, 9.17) is 14.2 Å². The fourth-order valence-electron chi connectivity index (χ4n) is 3.07. The Hall–Kier alpha value is -3.03. The fraction of sp³-hybridized carbons (Fsp3) is 0.421. The summed E-state index contributed by atoms with van der Waals surface area (Å²) in [5.74, 6) is 1.43. The molecule has 0 unspecified atom stereocenters. The van der Waals surface area contributed by atoms with Gasteiger partial charge in [-0.1, -0.05) is 13.3 Å². The number of carbonyl (C=O) groups excluding carboxylic acids is 1. The Kier molecular flexibility index (Phi) is 5.63. The molecule has 27 heavy (non-hydrogen) atoms. The zero-order chi connectivity index (χ0) is 19.4. The van der Waals surface area contributed by atoms with Gasteiger partial charge in [0, 0.05) is 17.3 Å². The van der Waals surface area contributed by atoms with Crippen LogP contribution in [-0.4, -0.2) is 41.6 Å². The van der Waals surface area contributed by atoms with Gasteiger partial charge in [0.1, 0.15) is 23.9 Å². The van der Waals surface area contributed by atoms with Gasteiger partial charge in [-0.3, -0.25) is 0 Å². The van der Waals surface area contributed by atoms with Crippen LogP contribution in [0.1, 0.15) is 38.3 Å². The number of unbranched alkanes of at least 4 members (excludes halogenated alkanes) is 1. The number of hydrogen-bond donors (Lipinski definition) is 1. The lowest BCUT2D eigenvalue weighted by Crippen LogP contribution is -2.30. The van der Waals surface area contributed by atoms with Crippen LogP contribution in [0.3, 0.4) is 0 Å². The molecule has 0 bridgehead atoms. The number of methoxy groups -OCH3 is 2. The maximum absolute atomic E-state index is 12.9. The quantitative estimate of drug-likeness (QED) is 0.590. The van der Waals surface area contributed by atoms with Crippen LogP contribution in [0.5, 0.6) is 11.5 Å². The van der Waals surface area contributed by atoms with Crippen molar-refractivity contribution in [1.82, 2.24) is 14.8 Å². The molecule has 1 aliphatic rings. The van der Waals surface area contributed by atoms with E-state index < -0.39 is 6.04 Å². The molecule has 1 aromatic heterocycles. The molecule has 144 valence electrons. The van der Waals surface area contributed by atoms with Gasteiger partial charge in [-0.2, -0.15) is 10.1 Å². The van der Waals surface area contributed by atoms with Gasteiger partial charge in [-0.25, -0.2) is 9.48 Å². The summed E-state index contributed by atoms with van der Waals surface area (Å²) in [5, 5.41) is 7.43. The first kappa shape index (κ1) is 18.8. The second-order valence-corrected chi connectivity index (χ2v) is 6.19. The first-order chi connectivity index (χ1) is 13.1. The van der Waals surface area contributed by atoms with E-state index in [9.17, 15) is 4.79 Å². The highest BCUT2D eigenvalue weighted by Gasteiger charge is 2.36. The van der Waals surface area contributed by atoms with E-state index in [1.165, 1.54) is 6.33 Å². The van der Waals surface area contributed by atoms with Crippen LogP contribution in [-0.2, 0) is 9.53 Å². The van der Waals surface area contributed by atoms with Crippen LogP contribution in [0.25, 0.3) is 0 Å². The molecule has 0 spiro atoms. The summed E-state index contributed by atoms with van der Waals surface area (Å²) in [4.78, 5) is 17.1. The summed E-state index contributed by atoms with van der Waals surface area (Å²) >= 11 is 0. The van der Waals surface area contributed by atoms with Crippen LogP contribution in [0.2, 0.25) is 0 Å². The lowest BCUT2D eigenvalue weighted by molar-refractivity contribution is -0.139. The molecule has 0 saturated heterocycles. The van der Waals surface area contributed by atoms with Crippen LogP contribution in [0.15, 0.2) is 35.8 Å². The molecule has 1 N–H and O–H groups in total. The Morgan fingerprint density at radius 3 is 2.81 bits per heavy atom. The summed E-state index contributed by atoms with van der Waals surface area (Å²) in [6, 6.07) is 4.96. The lowest BCUT2D eigenvalue weighted by atomic mass is 9.95. The highest BCUT2D eigenvalue weighted by Crippen LogP contribution is 2.40. The summed E-state index contributed by atoms with van der Waals surface area (Å²) in [5.41, 5.74) is 1.93. The SMILES string of the molecule is CCCCOC(=O)C1=C(C)Nc2ncnn2[C@H]1c1ccc(OC)cc1OC. The number of nitrogens with one attached hydrogen (secondary N) is 1. The molecule has 1 aromatic carbocycles. The van der Waals surface area contributed by atoms with E-state index in [-0.39, 0.29) is 5.97 Å². The first-order valence-electron chi connectivity index (χ1n) is 8.87. The van der Waals surface area contributed by atoms with Crippen molar-refractivity contribution in [2.45, 2.75) is 32.7 Å². The van der Waals surface area contributed by atoms with E-state index in [2.05, 4.69) is 15.4 Å². The number of fused-ring (bicyclic) bond motifs is 1. The minimum absolute atomic E-state index is 0.377. The highest BCUT2D eigenvalue weighted by molar-refractivity contribution is 5.92. The largest absolute Gasteiger partial charge is 0.497 e. The smallest absolute Gasteiger partial charge is 0.338 e. The Morgan fingerprint density at radius 1 is 1.30 bits per heavy atom. The van der Waals surface area contributed by atoms with Gasteiger partial charge in [-0.05, 0) is 25.5 Å². The molecule has 2 aromatic rings. The van der Waals surface area contributed by atoms with E-state index in [1.807, 2.05) is 26.0 Å². The zero-order valence-electron chi connectivity index (χ0n) is 16.0. The fourth-order valence-corrected chi connectivity index (χ4v) is 3.07. The number of ether oxygens (including phenoxy) is 3. The molecule has 0 fully saturated rings. The number of carbonyl (C=O) groups is 1. The average molecular weight is 372 g/mol. The standard InChI is InChI=1S/C19H24N4O4/c1-5-6-9-27-18(24)16-12(2)22-19-20-11-21-23(19)17(16)14-8-7-13(25-3)10-15(14)26-4/h7-8,10-11,17H,5-6,9H2,1-4H3,(H,20,21,22)/t17-/m0/s1. The van der Waals surface area contributed by atoms with Gasteiger partial charge >= 0.3 is 5.97 Å². The highest BCUT2D eigenvalue weighted by atomic mass is 16.5. The number of allylic oxidation sites excluding steroid dienone is 1. The number of rotatable bonds is 7. The maximum Gasteiger partial charge on any atom is 0.338 e. The number of esters is 1. The molecule has 0 radical (unpaired) electrons. The third-order valence-electron chi connectivity index (χ3n) is 4.48. The maximum atomic E-state index is 12.9. The Balaban J connectivity index is 2.08. The topological polar surface area (TPSA) is 87.5 Å². The Labute approximate surface area is 158 Å². The summed E-state index contributed by atoms with van der Waals surface area (Å²) in [7, 11) is 3.17. The van der Waals surface area contributed by atoms with E-state index >= 15 is 0 Å². The average Bonchev–Trinajstić information content (AvgIpc) is 3.14. The van der Waals surface area contributed by atoms with Gasteiger partial charge in [0.15, 0.2) is 0 Å².